The zero-order chi connectivity index (χ0) is 35.8. The molecule has 1 N–H and O–H groups in total. The number of imide groups is 1. The second-order valence-electron chi connectivity index (χ2n) is 14.5. The maximum atomic E-state index is 14.5. The summed E-state index contributed by atoms with van der Waals surface area (Å²) in [4.78, 5) is 59.6. The van der Waals surface area contributed by atoms with Crippen molar-refractivity contribution in [1.82, 2.24) is 15.1 Å². The molecule has 0 spiro atoms. The highest BCUT2D eigenvalue weighted by molar-refractivity contribution is 6.35. The maximum Gasteiger partial charge on any atom is 0.331 e. The minimum atomic E-state index is -1.09. The summed E-state index contributed by atoms with van der Waals surface area (Å²) >= 11 is 12.5. The molecule has 2 aliphatic rings. The van der Waals surface area contributed by atoms with Crippen molar-refractivity contribution < 1.29 is 28.7 Å². The monoisotopic (exact) mass is 699 g/mol. The number of nitriles is 1. The fourth-order valence-electron chi connectivity index (χ4n) is 6.46. The molecule has 1 unspecified atom stereocenters. The number of carbonyl (C=O) groups excluding carboxylic acids is 4. The Morgan fingerprint density at radius 2 is 1.62 bits per heavy atom. The van der Waals surface area contributed by atoms with Crippen LogP contribution in [-0.2, 0) is 29.3 Å². The molecule has 0 aromatic heterocycles. The van der Waals surface area contributed by atoms with E-state index in [4.69, 9.17) is 32.7 Å². The van der Waals surface area contributed by atoms with Gasteiger partial charge in [-0.2, -0.15) is 5.26 Å². The van der Waals surface area contributed by atoms with Crippen molar-refractivity contribution in [1.29, 1.82) is 5.26 Å². The number of fused-ring (bicyclic) bond motifs is 1. The summed E-state index contributed by atoms with van der Waals surface area (Å²) in [7, 11) is 1.61. The van der Waals surface area contributed by atoms with Crippen molar-refractivity contribution in [2.45, 2.75) is 77.2 Å². The van der Waals surface area contributed by atoms with E-state index in [2.05, 4.69) is 11.4 Å². The normalized spacial score (nSPS) is 21.6. The number of likely N-dealkylation sites (tertiary alicyclic amines) is 1. The van der Waals surface area contributed by atoms with Crippen LogP contribution in [0.15, 0.2) is 42.5 Å². The number of urea groups is 1. The molecule has 2 aromatic rings. The zero-order valence-corrected chi connectivity index (χ0v) is 30.1. The van der Waals surface area contributed by atoms with Crippen molar-refractivity contribution >= 4 is 52.7 Å². The molecule has 0 aliphatic carbocycles. The highest BCUT2D eigenvalue weighted by Gasteiger charge is 2.56. The molecule has 2 heterocycles. The van der Waals surface area contributed by atoms with Gasteiger partial charge in [0.05, 0.1) is 41.5 Å². The van der Waals surface area contributed by atoms with Crippen LogP contribution < -0.4 is 10.2 Å². The summed E-state index contributed by atoms with van der Waals surface area (Å²) in [5.41, 5.74) is -0.910. The summed E-state index contributed by atoms with van der Waals surface area (Å²) < 4.78 is 11.7. The number of esters is 1. The third-order valence-corrected chi connectivity index (χ3v) is 8.65. The number of ether oxygens (including phenoxy) is 2. The number of rotatable bonds is 8. The smallest absolute Gasteiger partial charge is 0.331 e. The predicted octanol–water partition coefficient (Wildman–Crippen LogP) is 5.16. The number of nitrogens with one attached hydrogen (secondary N) is 1. The molecule has 4 rings (SSSR count). The Labute approximate surface area is 292 Å². The van der Waals surface area contributed by atoms with Crippen LogP contribution in [0, 0.1) is 17.2 Å². The van der Waals surface area contributed by atoms with Crippen LogP contribution >= 0.6 is 23.2 Å². The fourth-order valence-corrected chi connectivity index (χ4v) is 6.98. The summed E-state index contributed by atoms with van der Waals surface area (Å²) in [6, 6.07) is 11.9. The highest BCUT2D eigenvalue weighted by Crippen LogP contribution is 2.44. The van der Waals surface area contributed by atoms with Gasteiger partial charge < -0.3 is 19.7 Å². The molecule has 11 nitrogen and oxygen atoms in total. The second kappa shape index (κ2) is 14.0. The molecule has 2 saturated heterocycles. The first-order valence-corrected chi connectivity index (χ1v) is 16.5. The number of amides is 4. The van der Waals surface area contributed by atoms with Crippen molar-refractivity contribution in [3.05, 3.63) is 63.6 Å². The summed E-state index contributed by atoms with van der Waals surface area (Å²) in [5.74, 6) is -2.35. The van der Waals surface area contributed by atoms with Crippen LogP contribution in [-0.4, -0.2) is 90.2 Å². The number of benzene rings is 2. The van der Waals surface area contributed by atoms with Crippen molar-refractivity contribution in [2.24, 2.45) is 5.92 Å². The lowest BCUT2D eigenvalue weighted by Gasteiger charge is -2.35. The average molecular weight is 701 g/mol. The largest absolute Gasteiger partial charge is 0.458 e. The lowest BCUT2D eigenvalue weighted by Crippen LogP contribution is -2.54. The number of hydrogen-bond donors (Lipinski definition) is 1. The van der Waals surface area contributed by atoms with E-state index in [0.29, 0.717) is 5.56 Å². The highest BCUT2D eigenvalue weighted by atomic mass is 35.5. The van der Waals surface area contributed by atoms with Crippen LogP contribution in [0.1, 0.15) is 59.6 Å². The third-order valence-electron chi connectivity index (χ3n) is 8.22. The minimum Gasteiger partial charge on any atom is -0.458 e. The molecule has 4 amide bonds. The Balaban J connectivity index is 1.69. The van der Waals surface area contributed by atoms with Gasteiger partial charge in [-0.1, -0.05) is 35.3 Å². The van der Waals surface area contributed by atoms with Crippen molar-refractivity contribution in [2.75, 3.05) is 38.1 Å². The van der Waals surface area contributed by atoms with E-state index in [1.807, 2.05) is 25.7 Å². The first-order valence-electron chi connectivity index (χ1n) is 15.7. The van der Waals surface area contributed by atoms with Crippen molar-refractivity contribution in [3.8, 4) is 6.07 Å². The van der Waals surface area contributed by atoms with Crippen LogP contribution in [0.5, 0.6) is 0 Å². The van der Waals surface area contributed by atoms with Crippen LogP contribution in [0.4, 0.5) is 10.5 Å². The van der Waals surface area contributed by atoms with E-state index in [1.54, 1.807) is 59.0 Å². The summed E-state index contributed by atoms with van der Waals surface area (Å²) in [6.07, 6.45) is -0.710. The van der Waals surface area contributed by atoms with E-state index in [0.717, 1.165) is 10.5 Å². The summed E-state index contributed by atoms with van der Waals surface area (Å²) in [5, 5.41) is 12.8. The van der Waals surface area contributed by atoms with Crippen molar-refractivity contribution in [3.63, 3.8) is 0 Å². The molecule has 2 aromatic carbocycles. The number of anilines is 1. The molecule has 0 bridgehead atoms. The van der Waals surface area contributed by atoms with E-state index >= 15 is 0 Å². The molecule has 258 valence electrons. The zero-order valence-electron chi connectivity index (χ0n) is 28.6. The van der Waals surface area contributed by atoms with Gasteiger partial charge in [-0.15, -0.1) is 0 Å². The van der Waals surface area contributed by atoms with E-state index < -0.39 is 58.5 Å². The Hall–Kier alpha value is -3.69. The Morgan fingerprint density at radius 3 is 2.17 bits per heavy atom. The molecular weight excluding hydrogens is 657 g/mol. The van der Waals surface area contributed by atoms with Gasteiger partial charge in [0.15, 0.2) is 6.04 Å². The molecule has 2 fully saturated rings. The first kappa shape index (κ1) is 37.1. The quantitative estimate of drug-likeness (QED) is 0.374. The Morgan fingerprint density at radius 1 is 1.02 bits per heavy atom. The standard InChI is InChI=1S/C35H43Cl2N5O6/c1-21(47-33(2,3)4)29(31(45)48-34(5,6)7)39-28(43)18-41-17-27-30(44)42(26-14-24(36)13-25(37)15-26)32(46)40(8)19-35(27,20-41)23-11-9-22(16-38)10-12-23/h9-15,21,27,29H,17-20H2,1-8H3,(H,39,43)/t21?,27-,29-,35-/m0/s1. The molecule has 48 heavy (non-hydrogen) atoms. The van der Waals surface area contributed by atoms with E-state index in [1.165, 1.54) is 23.1 Å². The molecule has 4 atom stereocenters. The van der Waals surface area contributed by atoms with Gasteiger partial charge in [-0.3, -0.25) is 14.5 Å². The van der Waals surface area contributed by atoms with Gasteiger partial charge >= 0.3 is 12.0 Å². The lowest BCUT2D eigenvalue weighted by molar-refractivity contribution is -0.166. The van der Waals surface area contributed by atoms with Gasteiger partial charge in [0.2, 0.25) is 11.8 Å². The fraction of sp³-hybridized carbons (Fsp3) is 0.514. The van der Waals surface area contributed by atoms with Crippen LogP contribution in [0.2, 0.25) is 10.0 Å². The van der Waals surface area contributed by atoms with Gasteiger partial charge in [0, 0.05) is 42.1 Å². The Bertz CT molecular complexity index is 1590. The van der Waals surface area contributed by atoms with Crippen LogP contribution in [0.3, 0.4) is 0 Å². The number of halogens is 2. The maximum absolute atomic E-state index is 14.5. The third kappa shape index (κ3) is 8.47. The first-order chi connectivity index (χ1) is 22.2. The molecule has 0 saturated carbocycles. The van der Waals surface area contributed by atoms with Gasteiger partial charge in [-0.25, -0.2) is 14.5 Å². The molecule has 0 radical (unpaired) electrons. The number of hydrogen-bond acceptors (Lipinski definition) is 8. The van der Waals surface area contributed by atoms with Gasteiger partial charge in [0.1, 0.15) is 5.60 Å². The number of carbonyl (C=O) groups is 4. The number of nitrogens with zero attached hydrogens (tertiary/aromatic N) is 4. The molecule has 2 aliphatic heterocycles. The topological polar surface area (TPSA) is 132 Å². The lowest BCUT2D eigenvalue weighted by atomic mass is 9.71. The average Bonchev–Trinajstić information content (AvgIpc) is 3.28. The van der Waals surface area contributed by atoms with Gasteiger partial charge in [-0.05, 0) is 84.4 Å². The predicted molar refractivity (Wildman–Crippen MR) is 183 cm³/mol. The van der Waals surface area contributed by atoms with Gasteiger partial charge in [0.25, 0.3) is 0 Å². The SMILES string of the molecule is CC(OC(C)(C)C)[C@H](NC(=O)CN1C[C@H]2C(=O)N(c3cc(Cl)cc(Cl)c3)C(=O)N(C)C[C@@]2(c2ccc(C#N)cc2)C1)C(=O)OC(C)(C)C. The molecular formula is C35H43Cl2N5O6. The Kier molecular flexibility index (Phi) is 10.9. The minimum absolute atomic E-state index is 0.128. The summed E-state index contributed by atoms with van der Waals surface area (Å²) in [6.45, 7) is 12.9. The second-order valence-corrected chi connectivity index (χ2v) is 15.4. The molecule has 13 heteroatoms. The number of likely N-dealkylation sites (N-methyl/N-ethyl adjacent to an activating group) is 1. The van der Waals surface area contributed by atoms with E-state index in [-0.39, 0.29) is 41.9 Å². The van der Waals surface area contributed by atoms with Crippen LogP contribution in [0.25, 0.3) is 0 Å². The van der Waals surface area contributed by atoms with E-state index in [9.17, 15) is 24.4 Å².